The summed E-state index contributed by atoms with van der Waals surface area (Å²) in [5.41, 5.74) is 0.202. The molecule has 0 saturated carbocycles. The summed E-state index contributed by atoms with van der Waals surface area (Å²) in [7, 11) is 0. The number of carbonyl (C=O) groups is 2. The molecule has 2 saturated heterocycles. The van der Waals surface area contributed by atoms with E-state index < -0.39 is 42.8 Å². The van der Waals surface area contributed by atoms with Crippen molar-refractivity contribution in [2.75, 3.05) is 19.7 Å². The molecular weight excluding hydrogens is 380 g/mol. The second kappa shape index (κ2) is 8.76. The molecule has 6 nitrogen and oxygen atoms in total. The number of nitriles is 1. The molecule has 1 aromatic carbocycles. The standard InChI is InChI=1S/C21H25F2N3O3/c1-2-3-10-29-17-8-4-6-15(11-17)19(27)26-14-21(22,23)12-18(26)20(28)25-9-5-7-16(25)13-24/h4,6,8,11,16,18H,2-3,5,7,9-10,12,14H2,1H3/t16-,18-/m0/s1. The minimum Gasteiger partial charge on any atom is -0.494 e. The van der Waals surface area contributed by atoms with E-state index in [9.17, 15) is 23.6 Å². The first-order chi connectivity index (χ1) is 13.9. The summed E-state index contributed by atoms with van der Waals surface area (Å²) in [4.78, 5) is 28.2. The van der Waals surface area contributed by atoms with Gasteiger partial charge in [0, 0.05) is 18.5 Å². The van der Waals surface area contributed by atoms with E-state index in [1.54, 1.807) is 12.1 Å². The van der Waals surface area contributed by atoms with E-state index in [1.807, 2.05) is 13.0 Å². The summed E-state index contributed by atoms with van der Waals surface area (Å²) in [5.74, 6) is -3.86. The molecule has 2 amide bonds. The Hall–Kier alpha value is -2.69. The molecule has 2 fully saturated rings. The van der Waals surface area contributed by atoms with Crippen molar-refractivity contribution in [3.05, 3.63) is 29.8 Å². The number of carbonyl (C=O) groups excluding carboxylic acids is 2. The highest BCUT2D eigenvalue weighted by Gasteiger charge is 2.52. The van der Waals surface area contributed by atoms with Crippen molar-refractivity contribution < 1.29 is 23.1 Å². The second-order valence-electron chi connectivity index (χ2n) is 7.56. The van der Waals surface area contributed by atoms with Crippen LogP contribution in [0.3, 0.4) is 0 Å². The minimum absolute atomic E-state index is 0.202. The summed E-state index contributed by atoms with van der Waals surface area (Å²) in [5, 5.41) is 9.22. The molecule has 0 bridgehead atoms. The van der Waals surface area contributed by atoms with E-state index in [-0.39, 0.29) is 5.56 Å². The predicted molar refractivity (Wildman–Crippen MR) is 102 cm³/mol. The van der Waals surface area contributed by atoms with Crippen molar-refractivity contribution in [1.29, 1.82) is 5.26 Å². The van der Waals surface area contributed by atoms with Gasteiger partial charge < -0.3 is 14.5 Å². The lowest BCUT2D eigenvalue weighted by molar-refractivity contribution is -0.135. The fourth-order valence-corrected chi connectivity index (χ4v) is 3.83. The first-order valence-electron chi connectivity index (χ1n) is 9.98. The highest BCUT2D eigenvalue weighted by Crippen LogP contribution is 2.35. The van der Waals surface area contributed by atoms with E-state index in [0.29, 0.717) is 31.7 Å². The second-order valence-corrected chi connectivity index (χ2v) is 7.56. The SMILES string of the molecule is CCCCOc1cccc(C(=O)N2CC(F)(F)C[C@H]2C(=O)N2CCC[C@H]2C#N)c1. The Morgan fingerprint density at radius 3 is 2.86 bits per heavy atom. The number of benzene rings is 1. The largest absolute Gasteiger partial charge is 0.494 e. The molecule has 2 atom stereocenters. The molecule has 0 unspecified atom stereocenters. The van der Waals surface area contributed by atoms with E-state index in [0.717, 1.165) is 17.7 Å². The number of amides is 2. The molecule has 156 valence electrons. The Balaban J connectivity index is 1.80. The van der Waals surface area contributed by atoms with Crippen LogP contribution in [0.25, 0.3) is 0 Å². The zero-order valence-electron chi connectivity index (χ0n) is 16.4. The van der Waals surface area contributed by atoms with Gasteiger partial charge in [0.05, 0.1) is 19.2 Å². The summed E-state index contributed by atoms with van der Waals surface area (Å²) in [6.07, 6.45) is 2.28. The molecule has 29 heavy (non-hydrogen) atoms. The molecule has 2 aliphatic heterocycles. The number of hydrogen-bond acceptors (Lipinski definition) is 4. The fraction of sp³-hybridized carbons (Fsp3) is 0.571. The van der Waals surface area contributed by atoms with E-state index >= 15 is 0 Å². The minimum atomic E-state index is -3.15. The topological polar surface area (TPSA) is 73.6 Å². The number of nitrogens with zero attached hydrogens (tertiary/aromatic N) is 3. The number of rotatable bonds is 6. The smallest absolute Gasteiger partial charge is 0.267 e. The molecule has 2 heterocycles. The number of unbranched alkanes of at least 4 members (excludes halogenated alkanes) is 1. The lowest BCUT2D eigenvalue weighted by Gasteiger charge is -2.28. The maximum absolute atomic E-state index is 14.2. The normalized spacial score (nSPS) is 23.1. The van der Waals surface area contributed by atoms with Crippen LogP contribution in [-0.2, 0) is 4.79 Å². The molecule has 0 N–H and O–H groups in total. The molecule has 0 spiro atoms. The van der Waals surface area contributed by atoms with Crippen LogP contribution < -0.4 is 4.74 Å². The van der Waals surface area contributed by atoms with Gasteiger partial charge >= 0.3 is 0 Å². The third-order valence-corrected chi connectivity index (χ3v) is 5.35. The van der Waals surface area contributed by atoms with E-state index in [2.05, 4.69) is 0 Å². The Morgan fingerprint density at radius 1 is 1.34 bits per heavy atom. The van der Waals surface area contributed by atoms with Gasteiger partial charge in [0.2, 0.25) is 5.91 Å². The average molecular weight is 405 g/mol. The van der Waals surface area contributed by atoms with Gasteiger partial charge in [-0.25, -0.2) is 8.78 Å². The Morgan fingerprint density at radius 2 is 2.14 bits per heavy atom. The molecule has 0 aliphatic carbocycles. The number of halogens is 2. The van der Waals surface area contributed by atoms with Crippen LogP contribution in [0.1, 0.15) is 49.4 Å². The van der Waals surface area contributed by atoms with Gasteiger partial charge in [0.1, 0.15) is 17.8 Å². The van der Waals surface area contributed by atoms with Gasteiger partial charge in [-0.3, -0.25) is 9.59 Å². The monoisotopic (exact) mass is 405 g/mol. The molecule has 8 heteroatoms. The fourth-order valence-electron chi connectivity index (χ4n) is 3.83. The van der Waals surface area contributed by atoms with Crippen LogP contribution in [-0.4, -0.2) is 59.3 Å². The zero-order valence-corrected chi connectivity index (χ0v) is 16.4. The van der Waals surface area contributed by atoms with Crippen LogP contribution in [0.2, 0.25) is 0 Å². The van der Waals surface area contributed by atoms with Gasteiger partial charge in [0.25, 0.3) is 11.8 Å². The van der Waals surface area contributed by atoms with Crippen molar-refractivity contribution in [2.24, 2.45) is 0 Å². The molecule has 1 aromatic rings. The van der Waals surface area contributed by atoms with E-state index in [4.69, 9.17) is 4.74 Å². The third kappa shape index (κ3) is 4.66. The predicted octanol–water partition coefficient (Wildman–Crippen LogP) is 3.23. The maximum Gasteiger partial charge on any atom is 0.267 e. The summed E-state index contributed by atoms with van der Waals surface area (Å²) in [6, 6.07) is 6.54. The van der Waals surface area contributed by atoms with Crippen LogP contribution in [0.15, 0.2) is 24.3 Å². The van der Waals surface area contributed by atoms with Crippen molar-refractivity contribution >= 4 is 11.8 Å². The van der Waals surface area contributed by atoms with Crippen molar-refractivity contribution in [1.82, 2.24) is 9.80 Å². The first-order valence-corrected chi connectivity index (χ1v) is 9.98. The van der Waals surface area contributed by atoms with Crippen LogP contribution in [0.4, 0.5) is 8.78 Å². The highest BCUT2D eigenvalue weighted by atomic mass is 19.3. The quantitative estimate of drug-likeness (QED) is 0.681. The summed E-state index contributed by atoms with van der Waals surface area (Å²) >= 11 is 0. The number of hydrogen-bond donors (Lipinski definition) is 0. The van der Waals surface area contributed by atoms with Crippen molar-refractivity contribution in [3.8, 4) is 11.8 Å². The highest BCUT2D eigenvalue weighted by molar-refractivity contribution is 5.98. The summed E-state index contributed by atoms with van der Waals surface area (Å²) < 4.78 is 33.9. The number of ether oxygens (including phenoxy) is 1. The number of likely N-dealkylation sites (tertiary alicyclic amines) is 2. The van der Waals surface area contributed by atoms with Crippen LogP contribution in [0.5, 0.6) is 5.75 Å². The lowest BCUT2D eigenvalue weighted by atomic mass is 10.1. The first kappa shape index (κ1) is 21.0. The zero-order chi connectivity index (χ0) is 21.0. The number of alkyl halides is 2. The Labute approximate surface area is 169 Å². The average Bonchev–Trinajstić information content (AvgIpc) is 3.31. The molecule has 2 aliphatic rings. The molecule has 0 radical (unpaired) electrons. The third-order valence-electron chi connectivity index (χ3n) is 5.35. The van der Waals surface area contributed by atoms with Crippen molar-refractivity contribution in [3.63, 3.8) is 0 Å². The van der Waals surface area contributed by atoms with Gasteiger partial charge in [-0.1, -0.05) is 19.4 Å². The van der Waals surface area contributed by atoms with Crippen LogP contribution >= 0.6 is 0 Å². The van der Waals surface area contributed by atoms with Crippen molar-refractivity contribution in [2.45, 2.75) is 57.0 Å². The van der Waals surface area contributed by atoms with Gasteiger partial charge in [-0.2, -0.15) is 5.26 Å². The lowest BCUT2D eigenvalue weighted by Crippen LogP contribution is -2.49. The van der Waals surface area contributed by atoms with Gasteiger partial charge in [0.15, 0.2) is 0 Å². The van der Waals surface area contributed by atoms with E-state index in [1.165, 1.54) is 17.0 Å². The van der Waals surface area contributed by atoms with Gasteiger partial charge in [-0.05, 0) is 37.5 Å². The maximum atomic E-state index is 14.2. The molecular formula is C21H25F2N3O3. The summed E-state index contributed by atoms with van der Waals surface area (Å²) in [6.45, 7) is 2.07. The van der Waals surface area contributed by atoms with Gasteiger partial charge in [-0.15, -0.1) is 0 Å². The molecule has 0 aromatic heterocycles. The molecule has 3 rings (SSSR count). The van der Waals surface area contributed by atoms with Crippen LogP contribution in [0, 0.1) is 11.3 Å². The Kier molecular flexibility index (Phi) is 6.36. The Bertz CT molecular complexity index is 809.